The summed E-state index contributed by atoms with van der Waals surface area (Å²) in [5.41, 5.74) is 9.39. The van der Waals surface area contributed by atoms with Crippen LogP contribution in [-0.2, 0) is 17.8 Å². The number of carbonyl (C=O) groups excluding carboxylic acids is 1. The van der Waals surface area contributed by atoms with Crippen LogP contribution in [0.2, 0.25) is 0 Å². The Kier molecular flexibility index (Phi) is 3.87. The van der Waals surface area contributed by atoms with Crippen molar-refractivity contribution in [3.63, 3.8) is 0 Å². The second-order valence-corrected chi connectivity index (χ2v) is 7.51. The molecule has 0 saturated heterocycles. The molecule has 0 spiro atoms. The molecule has 1 amide bonds. The van der Waals surface area contributed by atoms with Gasteiger partial charge in [-0.15, -0.1) is 11.3 Å². The van der Waals surface area contributed by atoms with Gasteiger partial charge in [-0.1, -0.05) is 42.5 Å². The van der Waals surface area contributed by atoms with Crippen molar-refractivity contribution >= 4 is 27.3 Å². The molecule has 0 saturated carbocycles. The van der Waals surface area contributed by atoms with Gasteiger partial charge < -0.3 is 5.73 Å². The summed E-state index contributed by atoms with van der Waals surface area (Å²) in [6.45, 7) is 3.80. The van der Waals surface area contributed by atoms with Crippen molar-refractivity contribution in [1.82, 2.24) is 4.90 Å². The first-order chi connectivity index (χ1) is 11.6. The Morgan fingerprint density at radius 2 is 1.96 bits per heavy atom. The van der Waals surface area contributed by atoms with E-state index in [0.29, 0.717) is 0 Å². The zero-order valence-corrected chi connectivity index (χ0v) is 14.5. The normalized spacial score (nSPS) is 17.8. The number of hydrogen-bond donors (Lipinski definition) is 1. The first kappa shape index (κ1) is 15.4. The van der Waals surface area contributed by atoms with Gasteiger partial charge in [-0.2, -0.15) is 0 Å². The molecular formula is C20H20N2OS. The zero-order chi connectivity index (χ0) is 16.7. The Balaban J connectivity index is 1.71. The van der Waals surface area contributed by atoms with Crippen molar-refractivity contribution in [2.24, 2.45) is 5.73 Å². The van der Waals surface area contributed by atoms with Crippen LogP contribution < -0.4 is 5.73 Å². The SMILES string of the molecule is Cc1c(CN2CCc3ccccc3C2C(N)=O)sc2ccccc12. The Labute approximate surface area is 145 Å². The van der Waals surface area contributed by atoms with E-state index in [0.717, 1.165) is 25.1 Å². The smallest absolute Gasteiger partial charge is 0.239 e. The minimum absolute atomic E-state index is 0.263. The van der Waals surface area contributed by atoms with E-state index in [9.17, 15) is 4.79 Å². The number of primary amides is 1. The molecule has 1 atom stereocenters. The molecule has 1 unspecified atom stereocenters. The quantitative estimate of drug-likeness (QED) is 0.791. The van der Waals surface area contributed by atoms with Crippen molar-refractivity contribution in [1.29, 1.82) is 0 Å². The molecule has 0 radical (unpaired) electrons. The van der Waals surface area contributed by atoms with Crippen LogP contribution in [-0.4, -0.2) is 17.4 Å². The summed E-state index contributed by atoms with van der Waals surface area (Å²) in [7, 11) is 0. The van der Waals surface area contributed by atoms with Crippen LogP contribution in [0.5, 0.6) is 0 Å². The lowest BCUT2D eigenvalue weighted by molar-refractivity contribution is -0.124. The molecule has 2 aromatic carbocycles. The van der Waals surface area contributed by atoms with Gasteiger partial charge in [0.1, 0.15) is 6.04 Å². The van der Waals surface area contributed by atoms with Crippen LogP contribution >= 0.6 is 11.3 Å². The molecule has 2 N–H and O–H groups in total. The lowest BCUT2D eigenvalue weighted by Gasteiger charge is -2.35. The maximum absolute atomic E-state index is 12.2. The number of thiophene rings is 1. The highest BCUT2D eigenvalue weighted by Crippen LogP contribution is 2.35. The van der Waals surface area contributed by atoms with Crippen molar-refractivity contribution in [3.05, 3.63) is 70.1 Å². The molecule has 0 fully saturated rings. The molecule has 24 heavy (non-hydrogen) atoms. The third kappa shape index (κ3) is 2.52. The van der Waals surface area contributed by atoms with Gasteiger partial charge >= 0.3 is 0 Å². The minimum atomic E-state index is -0.334. The fourth-order valence-corrected chi connectivity index (χ4v) is 4.92. The monoisotopic (exact) mass is 336 g/mol. The number of hydrogen-bond acceptors (Lipinski definition) is 3. The second kappa shape index (κ2) is 6.04. The maximum Gasteiger partial charge on any atom is 0.239 e. The highest BCUT2D eigenvalue weighted by Gasteiger charge is 2.31. The summed E-state index contributed by atoms with van der Waals surface area (Å²) in [6, 6.07) is 16.3. The summed E-state index contributed by atoms with van der Waals surface area (Å²) < 4.78 is 1.30. The van der Waals surface area contributed by atoms with Crippen LogP contribution in [0, 0.1) is 6.92 Å². The van der Waals surface area contributed by atoms with Gasteiger partial charge in [0.25, 0.3) is 0 Å². The number of rotatable bonds is 3. The number of benzene rings is 2. The summed E-state index contributed by atoms with van der Waals surface area (Å²) in [5, 5.41) is 1.31. The van der Waals surface area contributed by atoms with Gasteiger partial charge in [-0.05, 0) is 41.5 Å². The van der Waals surface area contributed by atoms with Gasteiger partial charge in [-0.3, -0.25) is 9.69 Å². The van der Waals surface area contributed by atoms with Crippen molar-refractivity contribution < 1.29 is 4.79 Å². The highest BCUT2D eigenvalue weighted by molar-refractivity contribution is 7.19. The number of nitrogens with zero attached hydrogens (tertiary/aromatic N) is 1. The molecule has 4 heteroatoms. The van der Waals surface area contributed by atoms with Crippen LogP contribution in [0.25, 0.3) is 10.1 Å². The van der Waals surface area contributed by atoms with Crippen molar-refractivity contribution in [2.75, 3.05) is 6.54 Å². The van der Waals surface area contributed by atoms with E-state index in [1.54, 1.807) is 0 Å². The Bertz CT molecular complexity index is 915. The van der Waals surface area contributed by atoms with E-state index in [4.69, 9.17) is 5.73 Å². The van der Waals surface area contributed by atoms with E-state index in [-0.39, 0.29) is 11.9 Å². The molecule has 122 valence electrons. The van der Waals surface area contributed by atoms with Gasteiger partial charge in [0.05, 0.1) is 0 Å². The molecule has 1 aromatic heterocycles. The van der Waals surface area contributed by atoms with E-state index in [1.807, 2.05) is 29.5 Å². The van der Waals surface area contributed by atoms with E-state index >= 15 is 0 Å². The average molecular weight is 336 g/mol. The number of amides is 1. The van der Waals surface area contributed by atoms with Crippen molar-refractivity contribution in [2.45, 2.75) is 25.9 Å². The van der Waals surface area contributed by atoms with E-state index in [2.05, 4.69) is 42.2 Å². The Morgan fingerprint density at radius 1 is 1.21 bits per heavy atom. The first-order valence-electron chi connectivity index (χ1n) is 8.23. The molecule has 3 aromatic rings. The summed E-state index contributed by atoms with van der Waals surface area (Å²) >= 11 is 1.82. The summed E-state index contributed by atoms with van der Waals surface area (Å²) in [5.74, 6) is -0.263. The molecule has 0 bridgehead atoms. The lowest BCUT2D eigenvalue weighted by Crippen LogP contribution is -2.42. The minimum Gasteiger partial charge on any atom is -0.368 e. The van der Waals surface area contributed by atoms with E-state index < -0.39 is 0 Å². The van der Waals surface area contributed by atoms with E-state index in [1.165, 1.54) is 26.1 Å². The summed E-state index contributed by atoms with van der Waals surface area (Å²) in [6.07, 6.45) is 0.962. The fourth-order valence-electron chi connectivity index (χ4n) is 3.68. The van der Waals surface area contributed by atoms with Crippen LogP contribution in [0.15, 0.2) is 48.5 Å². The number of nitrogens with two attached hydrogens (primary N) is 1. The molecule has 3 nitrogen and oxygen atoms in total. The van der Waals surface area contributed by atoms with Crippen LogP contribution in [0.4, 0.5) is 0 Å². The molecule has 2 heterocycles. The molecule has 4 rings (SSSR count). The molecule has 1 aliphatic rings. The third-order valence-corrected chi connectivity index (χ3v) is 6.20. The fraction of sp³-hybridized carbons (Fsp3) is 0.250. The first-order valence-corrected chi connectivity index (χ1v) is 9.05. The molecule has 0 aliphatic carbocycles. The van der Waals surface area contributed by atoms with Gasteiger partial charge in [0.15, 0.2) is 0 Å². The van der Waals surface area contributed by atoms with Crippen LogP contribution in [0.3, 0.4) is 0 Å². The third-order valence-electron chi connectivity index (χ3n) is 4.94. The van der Waals surface area contributed by atoms with Gasteiger partial charge in [-0.25, -0.2) is 0 Å². The number of fused-ring (bicyclic) bond motifs is 2. The predicted molar refractivity (Wildman–Crippen MR) is 99.1 cm³/mol. The molecule has 1 aliphatic heterocycles. The Hall–Kier alpha value is -2.17. The Morgan fingerprint density at radius 3 is 2.75 bits per heavy atom. The summed E-state index contributed by atoms with van der Waals surface area (Å²) in [4.78, 5) is 15.7. The molecular weight excluding hydrogens is 316 g/mol. The van der Waals surface area contributed by atoms with Crippen LogP contribution in [0.1, 0.15) is 27.6 Å². The lowest BCUT2D eigenvalue weighted by atomic mass is 9.92. The standard InChI is InChI=1S/C20H20N2OS/c1-13-15-7-4-5-9-17(15)24-18(13)12-22-11-10-14-6-2-3-8-16(14)19(22)20(21)23/h2-9,19H,10-12H2,1H3,(H2,21,23). The second-order valence-electron chi connectivity index (χ2n) is 6.37. The maximum atomic E-state index is 12.2. The zero-order valence-electron chi connectivity index (χ0n) is 13.7. The number of carbonyl (C=O) groups is 1. The topological polar surface area (TPSA) is 46.3 Å². The highest BCUT2D eigenvalue weighted by atomic mass is 32.1. The number of aryl methyl sites for hydroxylation is 1. The largest absolute Gasteiger partial charge is 0.368 e. The van der Waals surface area contributed by atoms with Crippen molar-refractivity contribution in [3.8, 4) is 0 Å². The predicted octanol–water partition coefficient (Wildman–Crippen LogP) is 3.79. The van der Waals surface area contributed by atoms with Gasteiger partial charge in [0, 0.05) is 22.7 Å². The van der Waals surface area contributed by atoms with Gasteiger partial charge in [0.2, 0.25) is 5.91 Å². The average Bonchev–Trinajstić information content (AvgIpc) is 2.90.